The second-order valence-electron chi connectivity index (χ2n) is 14.6. The maximum Gasteiger partial charge on any atom is 0.0645 e. The van der Waals surface area contributed by atoms with Crippen molar-refractivity contribution in [2.75, 3.05) is 4.90 Å². The molecule has 1 heteroatoms. The van der Waals surface area contributed by atoms with Crippen molar-refractivity contribution in [1.29, 1.82) is 0 Å². The first kappa shape index (κ1) is 22.5. The molecule has 0 spiro atoms. The van der Waals surface area contributed by atoms with Gasteiger partial charge in [0.05, 0.1) is 26.0 Å². The zero-order valence-corrected chi connectivity index (χ0v) is 33.3. The summed E-state index contributed by atoms with van der Waals surface area (Å²) in [6, 6.07) is 28.2. The molecule has 63 heavy (non-hydrogen) atoms. The molecule has 296 valence electrons. The van der Waals surface area contributed by atoms with Gasteiger partial charge in [-0.15, -0.1) is 0 Å². The van der Waals surface area contributed by atoms with Crippen LogP contribution in [-0.4, -0.2) is 0 Å². The van der Waals surface area contributed by atoms with Gasteiger partial charge in [-0.25, -0.2) is 0 Å². The molecule has 0 fully saturated rings. The normalized spacial score (nSPS) is 15.4. The van der Waals surface area contributed by atoms with Gasteiger partial charge in [0.2, 0.25) is 0 Å². The van der Waals surface area contributed by atoms with E-state index in [1.165, 1.54) is 0 Å². The fraction of sp³-hybridized carbons (Fsp3) is 0. The largest absolute Gasteiger partial charge is 0.311 e. The molecule has 0 aliphatic heterocycles. The third kappa shape index (κ3) is 7.37. The molecule has 1 nitrogen and oxygen atoms in total. The highest BCUT2D eigenvalue weighted by Gasteiger charge is 2.17. The number of fused-ring (bicyclic) bond motifs is 2. The van der Waals surface area contributed by atoms with Crippen molar-refractivity contribution >= 4 is 38.6 Å². The van der Waals surface area contributed by atoms with E-state index in [0.717, 1.165) is 16.7 Å². The Bertz CT molecular complexity index is 4400. The van der Waals surface area contributed by atoms with Crippen LogP contribution < -0.4 is 4.90 Å². The van der Waals surface area contributed by atoms with Crippen molar-refractivity contribution in [1.82, 2.24) is 0 Å². The van der Waals surface area contributed by atoms with Crippen molar-refractivity contribution in [2.24, 2.45) is 0 Å². The summed E-state index contributed by atoms with van der Waals surface area (Å²) in [5.74, 6) is 0. The molecule has 11 rings (SSSR count). The fourth-order valence-corrected chi connectivity index (χ4v) is 7.81. The van der Waals surface area contributed by atoms with Gasteiger partial charge in [-0.1, -0.05) is 218 Å². The number of rotatable bonds is 9. The van der Waals surface area contributed by atoms with Gasteiger partial charge < -0.3 is 4.90 Å². The van der Waals surface area contributed by atoms with Gasteiger partial charge in [-0.05, 0) is 131 Å². The van der Waals surface area contributed by atoms with Gasteiger partial charge in [0.25, 0.3) is 0 Å². The van der Waals surface area contributed by atoms with E-state index in [-0.39, 0.29) is 16.7 Å². The Labute approximate surface area is 396 Å². The highest BCUT2D eigenvalue weighted by molar-refractivity contribution is 6.04. The molecule has 0 atom stereocenters. The van der Waals surface area contributed by atoms with Gasteiger partial charge in [0, 0.05) is 17.1 Å². The summed E-state index contributed by atoms with van der Waals surface area (Å²) >= 11 is 0. The summed E-state index contributed by atoms with van der Waals surface area (Å²) in [5.41, 5.74) is 0.732. The van der Waals surface area contributed by atoms with E-state index in [4.69, 9.17) is 9.60 Å². The van der Waals surface area contributed by atoms with Crippen LogP contribution in [0, 0.1) is 0 Å². The Kier molecular flexibility index (Phi) is 5.96. The molecular formula is C62H43N. The van der Waals surface area contributed by atoms with Crippen molar-refractivity contribution in [3.05, 3.63) is 260 Å². The third-order valence-corrected chi connectivity index (χ3v) is 10.8. The van der Waals surface area contributed by atoms with E-state index in [1.807, 2.05) is 91.0 Å². The van der Waals surface area contributed by atoms with E-state index in [2.05, 4.69) is 0 Å². The lowest BCUT2D eigenvalue weighted by atomic mass is 9.89. The maximum absolute atomic E-state index is 9.92. The first-order chi connectivity index (χ1) is 39.2. The minimum Gasteiger partial charge on any atom is -0.311 e. The Morgan fingerprint density at radius 2 is 0.778 bits per heavy atom. The smallest absolute Gasteiger partial charge is 0.0645 e. The molecule has 0 aliphatic carbocycles. The number of anilines is 3. The van der Waals surface area contributed by atoms with Crippen molar-refractivity contribution in [2.45, 2.75) is 0 Å². The Balaban J connectivity index is 1.23. The van der Waals surface area contributed by atoms with Crippen LogP contribution in [0.5, 0.6) is 0 Å². The average Bonchev–Trinajstić information content (AvgIpc) is 2.28. The monoisotopic (exact) mass is 820 g/mol. The standard InChI is InChI=1S/C62H43N/c1-4-15-45(16-5-1)58-41-34-52(43-61(58)48-19-8-3-9-20-48)44-27-35-53(36-28-44)63(54-37-29-50(30-38-54)57-26-14-23-46-21-10-12-24-56(46)57)55-39-31-51(32-40-55)62-59-25-13-11-22-49(59)33-42-60(62)47-17-6-2-7-18-47/h1-43H/i10D,12D,14D,21D,23D,24D,26D,27D,28D,29D,30D,31D,32D,35D,36D,37D,38D,39D,40D. The zero-order chi connectivity index (χ0) is 58.5. The molecule has 0 radical (unpaired) electrons. The van der Waals surface area contributed by atoms with E-state index in [1.54, 1.807) is 54.6 Å². The van der Waals surface area contributed by atoms with Crippen LogP contribution in [0.2, 0.25) is 0 Å². The van der Waals surface area contributed by atoms with Gasteiger partial charge >= 0.3 is 0 Å². The first-order valence-corrected chi connectivity index (χ1v) is 20.1. The predicted octanol–water partition coefficient (Wildman–Crippen LogP) is 17.5. The van der Waals surface area contributed by atoms with E-state index >= 15 is 0 Å². The van der Waals surface area contributed by atoms with Gasteiger partial charge in [0.15, 0.2) is 0 Å². The molecule has 0 bridgehead atoms. The maximum atomic E-state index is 9.92. The number of benzene rings is 11. The van der Waals surface area contributed by atoms with Crippen LogP contribution in [-0.2, 0) is 0 Å². The second kappa shape index (κ2) is 16.7. The van der Waals surface area contributed by atoms with Crippen LogP contribution in [0.1, 0.15) is 26.0 Å². The molecule has 0 amide bonds. The fourth-order valence-electron chi connectivity index (χ4n) is 7.81. The Hall–Kier alpha value is -8.26. The molecule has 11 aromatic rings. The Morgan fingerprint density at radius 3 is 1.43 bits per heavy atom. The summed E-state index contributed by atoms with van der Waals surface area (Å²) < 4.78 is 178. The molecule has 0 unspecified atom stereocenters. The van der Waals surface area contributed by atoms with Crippen molar-refractivity contribution in [3.63, 3.8) is 0 Å². The van der Waals surface area contributed by atoms with Crippen molar-refractivity contribution < 1.29 is 26.0 Å². The summed E-state index contributed by atoms with van der Waals surface area (Å²) in [6.45, 7) is 0. The highest BCUT2D eigenvalue weighted by atomic mass is 15.1. The molecule has 0 saturated heterocycles. The van der Waals surface area contributed by atoms with Crippen LogP contribution in [0.25, 0.3) is 88.3 Å². The minimum atomic E-state index is -1.04. The van der Waals surface area contributed by atoms with E-state index < -0.39 is 154 Å². The van der Waals surface area contributed by atoms with Gasteiger partial charge in [-0.2, -0.15) is 0 Å². The SMILES string of the molecule is [2H]c1c([2H])c(N(c2c([2H])c([2H])c(-c3c(-c4ccccc4)ccc4ccccc34)c([2H])c2[2H])c2c([2H])c([2H])c(-c3c([2H])c([2H])c([2H])c4c([2H])c([2H])c([2H])c([2H])c34)c([2H])c2[2H])c([2H])c([2H])c1-c1ccc(-c2ccccc2)c(-c2ccccc2)c1. The predicted molar refractivity (Wildman–Crippen MR) is 269 cm³/mol. The molecule has 11 aromatic carbocycles. The molecule has 0 aromatic heterocycles. The van der Waals surface area contributed by atoms with Crippen LogP contribution in [0.15, 0.2) is 260 Å². The molecular weight excluding hydrogens is 759 g/mol. The lowest BCUT2D eigenvalue weighted by Crippen LogP contribution is -2.09. The van der Waals surface area contributed by atoms with Gasteiger partial charge in [0.1, 0.15) is 0 Å². The second-order valence-corrected chi connectivity index (χ2v) is 14.6. The summed E-state index contributed by atoms with van der Waals surface area (Å²) in [7, 11) is 0. The minimum absolute atomic E-state index is 0.171. The van der Waals surface area contributed by atoms with Crippen LogP contribution >= 0.6 is 0 Å². The average molecular weight is 821 g/mol. The zero-order valence-electron chi connectivity index (χ0n) is 52.3. The lowest BCUT2D eigenvalue weighted by Gasteiger charge is -2.26. The number of hydrogen-bond acceptors (Lipinski definition) is 1. The first-order valence-electron chi connectivity index (χ1n) is 29.6. The molecule has 0 saturated carbocycles. The molecule has 0 aliphatic rings. The number of hydrogen-bond donors (Lipinski definition) is 0. The van der Waals surface area contributed by atoms with E-state index in [9.17, 15) is 16.4 Å². The van der Waals surface area contributed by atoms with Crippen molar-refractivity contribution in [3.8, 4) is 66.8 Å². The molecule has 0 heterocycles. The van der Waals surface area contributed by atoms with E-state index in [0.29, 0.717) is 37.9 Å². The van der Waals surface area contributed by atoms with Crippen LogP contribution in [0.3, 0.4) is 0 Å². The quantitative estimate of drug-likeness (QED) is 0.140. The van der Waals surface area contributed by atoms with Crippen LogP contribution in [0.4, 0.5) is 17.1 Å². The summed E-state index contributed by atoms with van der Waals surface area (Å²) in [5, 5.41) is 0.201. The topological polar surface area (TPSA) is 3.24 Å². The highest BCUT2D eigenvalue weighted by Crippen LogP contribution is 2.43. The number of nitrogens with zero attached hydrogens (tertiary/aromatic N) is 1. The summed E-state index contributed by atoms with van der Waals surface area (Å²) in [6.07, 6.45) is 0. The Morgan fingerprint density at radius 1 is 0.270 bits per heavy atom. The molecule has 0 N–H and O–H groups in total. The third-order valence-electron chi connectivity index (χ3n) is 10.8. The summed E-state index contributed by atoms with van der Waals surface area (Å²) in [4.78, 5) is 0.670. The lowest BCUT2D eigenvalue weighted by molar-refractivity contribution is 1.28. The van der Waals surface area contributed by atoms with Gasteiger partial charge in [-0.3, -0.25) is 0 Å².